The summed E-state index contributed by atoms with van der Waals surface area (Å²) in [5, 5.41) is 17.1. The van der Waals surface area contributed by atoms with Crippen LogP contribution in [0.3, 0.4) is 0 Å². The highest BCUT2D eigenvalue weighted by Crippen LogP contribution is 2.30. The van der Waals surface area contributed by atoms with Gasteiger partial charge in [-0.3, -0.25) is 10.1 Å². The second-order valence-corrected chi connectivity index (χ2v) is 4.40. The molecule has 0 fully saturated rings. The quantitative estimate of drug-likeness (QED) is 0.583. The van der Waals surface area contributed by atoms with Gasteiger partial charge in [0.05, 0.1) is 4.92 Å². The number of nitrogens with zero attached hydrogens (tertiary/aromatic N) is 3. The normalized spacial score (nSPS) is 11.2. The lowest BCUT2D eigenvalue weighted by Gasteiger charge is -2.32. The van der Waals surface area contributed by atoms with Gasteiger partial charge < -0.3 is 10.6 Å². The van der Waals surface area contributed by atoms with E-state index in [4.69, 9.17) is 0 Å². The summed E-state index contributed by atoms with van der Waals surface area (Å²) in [4.78, 5) is 18.6. The molecule has 1 aromatic rings. The molecule has 0 saturated carbocycles. The number of nitrogens with one attached hydrogen (secondary N) is 2. The number of nitro groups is 1. The van der Waals surface area contributed by atoms with Gasteiger partial charge in [0.1, 0.15) is 6.20 Å². The van der Waals surface area contributed by atoms with Gasteiger partial charge in [0, 0.05) is 12.6 Å². The number of hydrogen-bond acceptors (Lipinski definition) is 6. The second-order valence-electron chi connectivity index (χ2n) is 4.40. The van der Waals surface area contributed by atoms with Gasteiger partial charge >= 0.3 is 5.69 Å². The first-order valence-corrected chi connectivity index (χ1v) is 6.49. The van der Waals surface area contributed by atoms with Crippen molar-refractivity contribution in [3.05, 3.63) is 16.3 Å². The van der Waals surface area contributed by atoms with E-state index >= 15 is 0 Å². The topological polar surface area (TPSA) is 93.0 Å². The zero-order chi connectivity index (χ0) is 14.5. The summed E-state index contributed by atoms with van der Waals surface area (Å²) >= 11 is 0. The summed E-state index contributed by atoms with van der Waals surface area (Å²) in [6.07, 6.45) is 3.84. The van der Waals surface area contributed by atoms with Crippen LogP contribution in [-0.2, 0) is 0 Å². The summed E-state index contributed by atoms with van der Waals surface area (Å²) in [7, 11) is 1.68. The van der Waals surface area contributed by atoms with E-state index < -0.39 is 4.92 Å². The third-order valence-corrected chi connectivity index (χ3v) is 3.60. The Morgan fingerprint density at radius 1 is 1.32 bits per heavy atom. The molecule has 0 unspecified atom stereocenters. The molecule has 0 aromatic carbocycles. The van der Waals surface area contributed by atoms with Crippen LogP contribution < -0.4 is 10.6 Å². The van der Waals surface area contributed by atoms with Gasteiger partial charge in [-0.15, -0.1) is 0 Å². The third kappa shape index (κ3) is 3.30. The molecule has 19 heavy (non-hydrogen) atoms. The van der Waals surface area contributed by atoms with Crippen LogP contribution in [0.5, 0.6) is 0 Å². The summed E-state index contributed by atoms with van der Waals surface area (Å²) in [6.45, 7) is 6.18. The second kappa shape index (κ2) is 6.31. The van der Waals surface area contributed by atoms with Crippen LogP contribution in [-0.4, -0.2) is 27.5 Å². The molecule has 1 heterocycles. The van der Waals surface area contributed by atoms with Crippen molar-refractivity contribution < 1.29 is 4.92 Å². The van der Waals surface area contributed by atoms with Gasteiger partial charge in [0.15, 0.2) is 0 Å². The van der Waals surface area contributed by atoms with E-state index in [1.807, 2.05) is 0 Å². The molecule has 0 aliphatic rings. The van der Waals surface area contributed by atoms with Crippen molar-refractivity contribution in [3.63, 3.8) is 0 Å². The van der Waals surface area contributed by atoms with Crippen molar-refractivity contribution in [1.82, 2.24) is 9.97 Å². The molecule has 1 aromatic heterocycles. The molecule has 0 bridgehead atoms. The average Bonchev–Trinajstić information content (AvgIpc) is 2.44. The molecule has 106 valence electrons. The van der Waals surface area contributed by atoms with Gasteiger partial charge in [-0.25, -0.2) is 4.98 Å². The molecule has 2 N–H and O–H groups in total. The van der Waals surface area contributed by atoms with Crippen molar-refractivity contribution in [2.45, 2.75) is 45.6 Å². The maximum Gasteiger partial charge on any atom is 0.329 e. The molecule has 0 aliphatic heterocycles. The fraction of sp³-hybridized carbons (Fsp3) is 0.667. The maximum absolute atomic E-state index is 11.0. The average molecular weight is 267 g/mol. The van der Waals surface area contributed by atoms with Crippen LogP contribution in [0.15, 0.2) is 6.20 Å². The van der Waals surface area contributed by atoms with Crippen LogP contribution >= 0.6 is 0 Å². The zero-order valence-corrected chi connectivity index (χ0v) is 11.9. The fourth-order valence-corrected chi connectivity index (χ4v) is 1.99. The van der Waals surface area contributed by atoms with Gasteiger partial charge in [0.25, 0.3) is 0 Å². The predicted octanol–water partition coefficient (Wildman–Crippen LogP) is 2.81. The minimum atomic E-state index is -0.465. The van der Waals surface area contributed by atoms with E-state index in [0.717, 1.165) is 19.3 Å². The lowest BCUT2D eigenvalue weighted by molar-refractivity contribution is -0.384. The first kappa shape index (κ1) is 15.1. The minimum Gasteiger partial charge on any atom is -0.359 e. The lowest BCUT2D eigenvalue weighted by Crippen LogP contribution is -2.36. The number of rotatable bonds is 7. The van der Waals surface area contributed by atoms with Crippen LogP contribution in [0.2, 0.25) is 0 Å². The monoisotopic (exact) mass is 267 g/mol. The third-order valence-electron chi connectivity index (χ3n) is 3.60. The largest absolute Gasteiger partial charge is 0.359 e. The Morgan fingerprint density at radius 3 is 2.32 bits per heavy atom. The van der Waals surface area contributed by atoms with E-state index in [-0.39, 0.29) is 17.0 Å². The molecule has 7 heteroatoms. The van der Waals surface area contributed by atoms with Gasteiger partial charge in [-0.1, -0.05) is 20.8 Å². The van der Waals surface area contributed by atoms with E-state index in [9.17, 15) is 10.1 Å². The van der Waals surface area contributed by atoms with Gasteiger partial charge in [0.2, 0.25) is 11.8 Å². The smallest absolute Gasteiger partial charge is 0.329 e. The Labute approximate surface area is 113 Å². The molecule has 0 atom stereocenters. The SMILES string of the molecule is CCC(CC)(CC)Nc1nc(NC)ncc1[N+](=O)[O-]. The van der Waals surface area contributed by atoms with Crippen molar-refractivity contribution in [3.8, 4) is 0 Å². The fourth-order valence-electron chi connectivity index (χ4n) is 1.99. The first-order chi connectivity index (χ1) is 9.01. The Kier molecular flexibility index (Phi) is 5.02. The van der Waals surface area contributed by atoms with Gasteiger partial charge in [-0.2, -0.15) is 4.98 Å². The molecule has 0 radical (unpaired) electrons. The van der Waals surface area contributed by atoms with E-state index in [0.29, 0.717) is 5.95 Å². The molecular weight excluding hydrogens is 246 g/mol. The molecule has 1 rings (SSSR count). The molecule has 7 nitrogen and oxygen atoms in total. The van der Waals surface area contributed by atoms with Crippen molar-refractivity contribution in [1.29, 1.82) is 0 Å². The van der Waals surface area contributed by atoms with Crippen molar-refractivity contribution in [2.24, 2.45) is 0 Å². The minimum absolute atomic E-state index is 0.0984. The van der Waals surface area contributed by atoms with Crippen LogP contribution in [0.25, 0.3) is 0 Å². The highest BCUT2D eigenvalue weighted by atomic mass is 16.6. The van der Waals surface area contributed by atoms with E-state index in [1.165, 1.54) is 6.20 Å². The van der Waals surface area contributed by atoms with E-state index in [1.54, 1.807) is 7.05 Å². The van der Waals surface area contributed by atoms with Crippen LogP contribution in [0.1, 0.15) is 40.0 Å². The Hall–Kier alpha value is -1.92. The molecule has 0 aliphatic carbocycles. The zero-order valence-electron chi connectivity index (χ0n) is 11.9. The maximum atomic E-state index is 11.0. The molecule has 0 spiro atoms. The molecule has 0 saturated heterocycles. The summed E-state index contributed by atoms with van der Waals surface area (Å²) < 4.78 is 0. The molecule has 0 amide bonds. The predicted molar refractivity (Wildman–Crippen MR) is 75.5 cm³/mol. The Balaban J connectivity index is 3.19. The highest BCUT2D eigenvalue weighted by molar-refractivity contribution is 5.58. The first-order valence-electron chi connectivity index (χ1n) is 6.49. The number of anilines is 2. The number of aromatic nitrogens is 2. The summed E-state index contributed by atoms with van der Waals surface area (Å²) in [6, 6.07) is 0. The Morgan fingerprint density at radius 2 is 1.89 bits per heavy atom. The van der Waals surface area contributed by atoms with Gasteiger partial charge in [-0.05, 0) is 19.3 Å². The van der Waals surface area contributed by atoms with E-state index in [2.05, 4.69) is 41.4 Å². The summed E-state index contributed by atoms with van der Waals surface area (Å²) in [5.74, 6) is 0.639. The molecular formula is C12H21N5O2. The lowest BCUT2D eigenvalue weighted by atomic mass is 9.90. The van der Waals surface area contributed by atoms with Crippen LogP contribution in [0.4, 0.5) is 17.5 Å². The highest BCUT2D eigenvalue weighted by Gasteiger charge is 2.28. The standard InChI is InChI=1S/C12H21N5O2/c1-5-12(6-2,7-3)16-10-9(17(18)19)8-14-11(13-4)15-10/h8H,5-7H2,1-4H3,(H2,13,14,15,16). The van der Waals surface area contributed by atoms with Crippen LogP contribution in [0, 0.1) is 10.1 Å². The van der Waals surface area contributed by atoms with Crippen molar-refractivity contribution in [2.75, 3.05) is 17.7 Å². The summed E-state index contributed by atoms with van der Waals surface area (Å²) in [5.41, 5.74) is -0.275. The Bertz CT molecular complexity index is 437. The van der Waals surface area contributed by atoms with Crippen molar-refractivity contribution >= 4 is 17.5 Å². The number of hydrogen-bond donors (Lipinski definition) is 2.